The second kappa shape index (κ2) is 7.67. The molecule has 0 spiro atoms. The van der Waals surface area contributed by atoms with E-state index in [1.807, 2.05) is 0 Å². The van der Waals surface area contributed by atoms with Crippen LogP contribution in [0.2, 0.25) is 0 Å². The summed E-state index contributed by atoms with van der Waals surface area (Å²) in [6, 6.07) is -0.299. The molecule has 0 fully saturated rings. The first-order chi connectivity index (χ1) is 11.0. The lowest BCUT2D eigenvalue weighted by molar-refractivity contribution is -0.140. The van der Waals surface area contributed by atoms with E-state index in [9.17, 15) is 26.8 Å². The first kappa shape index (κ1) is 20.0. The quantitative estimate of drug-likeness (QED) is 0.747. The Labute approximate surface area is 138 Å². The molecule has 0 aliphatic carbocycles. The second-order valence-corrected chi connectivity index (χ2v) is 7.00. The van der Waals surface area contributed by atoms with Gasteiger partial charge in [-0.3, -0.25) is 9.59 Å². The van der Waals surface area contributed by atoms with Gasteiger partial charge in [-0.05, 0) is 31.5 Å². The molecule has 0 aromatic heterocycles. The number of nitrogens with zero attached hydrogens (tertiary/aromatic N) is 1. The van der Waals surface area contributed by atoms with E-state index in [1.165, 1.54) is 13.8 Å². The first-order valence-electron chi connectivity index (χ1n) is 6.93. The molecule has 10 heteroatoms. The van der Waals surface area contributed by atoms with E-state index >= 15 is 0 Å². The summed E-state index contributed by atoms with van der Waals surface area (Å²) in [4.78, 5) is 21.1. The summed E-state index contributed by atoms with van der Waals surface area (Å²) < 4.78 is 53.3. The number of benzene rings is 1. The van der Waals surface area contributed by atoms with Crippen molar-refractivity contribution in [3.8, 4) is 0 Å². The summed E-state index contributed by atoms with van der Waals surface area (Å²) in [6.45, 7) is 2.97. The highest BCUT2D eigenvalue weighted by atomic mass is 32.2. The zero-order valence-corrected chi connectivity index (χ0v) is 14.2. The molecule has 0 aliphatic rings. The lowest BCUT2D eigenvalue weighted by Crippen LogP contribution is -2.46. The van der Waals surface area contributed by atoms with Crippen LogP contribution in [0.4, 0.5) is 8.78 Å². The summed E-state index contributed by atoms with van der Waals surface area (Å²) in [6.07, 6.45) is 0. The monoisotopic (exact) mass is 364 g/mol. The van der Waals surface area contributed by atoms with Gasteiger partial charge >= 0.3 is 5.97 Å². The van der Waals surface area contributed by atoms with Crippen LogP contribution in [0.5, 0.6) is 0 Å². The van der Waals surface area contributed by atoms with Gasteiger partial charge in [-0.2, -0.15) is 4.31 Å². The number of hydrogen-bond donors (Lipinski definition) is 2. The van der Waals surface area contributed by atoms with Crippen molar-refractivity contribution >= 4 is 21.9 Å². The number of carboxylic acids is 1. The number of aryl methyl sites for hydroxylation is 1. The Morgan fingerprint density at radius 2 is 1.88 bits per heavy atom. The lowest BCUT2D eigenvalue weighted by atomic mass is 10.2. The Hall–Kier alpha value is -2.07. The molecule has 0 saturated carbocycles. The molecule has 0 bridgehead atoms. The maximum atomic E-state index is 14.0. The maximum Gasteiger partial charge on any atom is 0.321 e. The van der Waals surface area contributed by atoms with Crippen LogP contribution in [0.25, 0.3) is 0 Å². The number of amides is 1. The molecule has 1 unspecified atom stereocenters. The Morgan fingerprint density at radius 3 is 2.38 bits per heavy atom. The van der Waals surface area contributed by atoms with Crippen LogP contribution in [0.15, 0.2) is 17.0 Å². The standard InChI is InChI=1S/C14H18F2N2O5S/c1-8-6-12(16)13(7-11(8)15)24(22,23)18(9(2)14(20)21)5-4-17-10(3)19/h6-7,9H,4-5H2,1-3H3,(H,17,19)(H,20,21). The molecular weight excluding hydrogens is 346 g/mol. The Balaban J connectivity index is 3.31. The molecule has 1 atom stereocenters. The summed E-state index contributed by atoms with van der Waals surface area (Å²) in [7, 11) is -4.63. The topological polar surface area (TPSA) is 104 Å². The molecule has 1 amide bonds. The van der Waals surface area contributed by atoms with Gasteiger partial charge in [-0.1, -0.05) is 0 Å². The van der Waals surface area contributed by atoms with Crippen LogP contribution >= 0.6 is 0 Å². The number of carboxylic acid groups (broad SMARTS) is 1. The zero-order chi connectivity index (χ0) is 18.7. The first-order valence-corrected chi connectivity index (χ1v) is 8.37. The smallest absolute Gasteiger partial charge is 0.321 e. The van der Waals surface area contributed by atoms with Crippen molar-refractivity contribution in [2.75, 3.05) is 13.1 Å². The number of carbonyl (C=O) groups excluding carboxylic acids is 1. The van der Waals surface area contributed by atoms with Crippen molar-refractivity contribution in [2.45, 2.75) is 31.7 Å². The van der Waals surface area contributed by atoms with Gasteiger partial charge < -0.3 is 10.4 Å². The summed E-state index contributed by atoms with van der Waals surface area (Å²) in [5.74, 6) is -4.02. The Bertz CT molecular complexity index is 752. The van der Waals surface area contributed by atoms with Gasteiger partial charge in [-0.15, -0.1) is 0 Å². The number of aliphatic carboxylic acids is 1. The Kier molecular flexibility index (Phi) is 6.38. The van der Waals surface area contributed by atoms with E-state index in [4.69, 9.17) is 5.11 Å². The molecule has 0 radical (unpaired) electrons. The number of carbonyl (C=O) groups is 2. The van der Waals surface area contributed by atoms with Crippen LogP contribution in [-0.2, 0) is 19.6 Å². The van der Waals surface area contributed by atoms with Gasteiger partial charge in [-0.25, -0.2) is 17.2 Å². The molecule has 134 valence electrons. The molecule has 24 heavy (non-hydrogen) atoms. The predicted molar refractivity (Wildman–Crippen MR) is 80.8 cm³/mol. The summed E-state index contributed by atoms with van der Waals surface area (Å²) >= 11 is 0. The van der Waals surface area contributed by atoms with E-state index in [2.05, 4.69) is 5.32 Å². The SMILES string of the molecule is CC(=O)NCCN(C(C)C(=O)O)S(=O)(=O)c1cc(F)c(C)cc1F. The third kappa shape index (κ3) is 4.48. The number of sulfonamides is 1. The average molecular weight is 364 g/mol. The number of hydrogen-bond acceptors (Lipinski definition) is 4. The van der Waals surface area contributed by atoms with E-state index < -0.39 is 51.0 Å². The van der Waals surface area contributed by atoms with Gasteiger partial charge in [0.05, 0.1) is 0 Å². The molecule has 0 aliphatic heterocycles. The predicted octanol–water partition coefficient (Wildman–Crippen LogP) is 0.873. The number of rotatable bonds is 7. The molecular formula is C14H18F2N2O5S. The van der Waals surface area contributed by atoms with E-state index in [-0.39, 0.29) is 12.1 Å². The van der Waals surface area contributed by atoms with Gasteiger partial charge in [0.15, 0.2) is 0 Å². The zero-order valence-electron chi connectivity index (χ0n) is 13.3. The largest absolute Gasteiger partial charge is 0.480 e. The second-order valence-electron chi connectivity index (χ2n) is 5.14. The van der Waals surface area contributed by atoms with Crippen molar-refractivity contribution < 1.29 is 31.9 Å². The molecule has 0 saturated heterocycles. The molecule has 1 aromatic rings. The minimum absolute atomic E-state index is 0.0810. The van der Waals surface area contributed by atoms with Gasteiger partial charge in [0.2, 0.25) is 15.9 Å². The van der Waals surface area contributed by atoms with Crippen molar-refractivity contribution in [1.82, 2.24) is 9.62 Å². The van der Waals surface area contributed by atoms with Crippen molar-refractivity contribution in [3.63, 3.8) is 0 Å². The van der Waals surface area contributed by atoms with Crippen LogP contribution in [0.3, 0.4) is 0 Å². The lowest BCUT2D eigenvalue weighted by Gasteiger charge is -2.26. The highest BCUT2D eigenvalue weighted by molar-refractivity contribution is 7.89. The number of nitrogens with one attached hydrogen (secondary N) is 1. The fraction of sp³-hybridized carbons (Fsp3) is 0.429. The third-order valence-corrected chi connectivity index (χ3v) is 5.28. The molecule has 1 rings (SSSR count). The number of halogens is 2. The van der Waals surface area contributed by atoms with Gasteiger partial charge in [0.25, 0.3) is 0 Å². The maximum absolute atomic E-state index is 14.0. The minimum atomic E-state index is -4.63. The van der Waals surface area contributed by atoms with E-state index in [1.54, 1.807) is 0 Å². The molecule has 1 aromatic carbocycles. The average Bonchev–Trinajstić information content (AvgIpc) is 2.45. The van der Waals surface area contributed by atoms with E-state index in [0.717, 1.165) is 13.0 Å². The van der Waals surface area contributed by atoms with E-state index in [0.29, 0.717) is 10.4 Å². The molecule has 2 N–H and O–H groups in total. The summed E-state index contributed by atoms with van der Waals surface area (Å²) in [5.41, 5.74) is -0.0810. The molecule has 0 heterocycles. The Morgan fingerprint density at radius 1 is 1.29 bits per heavy atom. The van der Waals surface area contributed by atoms with Crippen molar-refractivity contribution in [1.29, 1.82) is 0 Å². The highest BCUT2D eigenvalue weighted by Gasteiger charge is 2.35. The minimum Gasteiger partial charge on any atom is -0.480 e. The van der Waals surface area contributed by atoms with Crippen LogP contribution in [0.1, 0.15) is 19.4 Å². The fourth-order valence-corrected chi connectivity index (χ4v) is 3.59. The third-order valence-electron chi connectivity index (χ3n) is 3.30. The fourth-order valence-electron chi connectivity index (χ4n) is 1.94. The van der Waals surface area contributed by atoms with Crippen LogP contribution < -0.4 is 5.32 Å². The highest BCUT2D eigenvalue weighted by Crippen LogP contribution is 2.24. The van der Waals surface area contributed by atoms with Crippen molar-refractivity contribution in [2.24, 2.45) is 0 Å². The molecule has 7 nitrogen and oxygen atoms in total. The van der Waals surface area contributed by atoms with Crippen LogP contribution in [0, 0.1) is 18.6 Å². The van der Waals surface area contributed by atoms with Crippen LogP contribution in [-0.4, -0.2) is 48.8 Å². The van der Waals surface area contributed by atoms with Gasteiger partial charge in [0, 0.05) is 20.0 Å². The van der Waals surface area contributed by atoms with Gasteiger partial charge in [0.1, 0.15) is 22.6 Å². The normalized spacial score (nSPS) is 12.9. The summed E-state index contributed by atoms with van der Waals surface area (Å²) in [5, 5.41) is 11.4. The van der Waals surface area contributed by atoms with Crippen molar-refractivity contribution in [3.05, 3.63) is 29.3 Å².